The van der Waals surface area contributed by atoms with Gasteiger partial charge in [-0.05, 0) is 23.6 Å². The first-order chi connectivity index (χ1) is 9.97. The zero-order chi connectivity index (χ0) is 15.1. The molecule has 0 aliphatic carbocycles. The summed E-state index contributed by atoms with van der Waals surface area (Å²) in [6.45, 7) is 4.10. The Morgan fingerprint density at radius 3 is 2.71 bits per heavy atom. The largest absolute Gasteiger partial charge is 0.250 e. The number of halogens is 2. The Hall–Kier alpha value is -2.08. The van der Waals surface area contributed by atoms with E-state index in [1.165, 1.54) is 0 Å². The Labute approximate surface area is 125 Å². The van der Waals surface area contributed by atoms with Crippen LogP contribution in [-0.4, -0.2) is 24.7 Å². The zero-order valence-electron chi connectivity index (χ0n) is 11.8. The molecule has 5 nitrogen and oxygen atoms in total. The molecule has 3 heterocycles. The van der Waals surface area contributed by atoms with Crippen LogP contribution in [0.4, 0.5) is 4.39 Å². The van der Waals surface area contributed by atoms with Gasteiger partial charge in [0.1, 0.15) is 5.69 Å². The van der Waals surface area contributed by atoms with Gasteiger partial charge in [0.05, 0.1) is 11.9 Å². The number of rotatable bonds is 2. The monoisotopic (exact) mass is 305 g/mol. The van der Waals surface area contributed by atoms with Crippen LogP contribution in [0.3, 0.4) is 0 Å². The maximum Gasteiger partial charge on any atom is 0.223 e. The van der Waals surface area contributed by atoms with E-state index in [1.54, 1.807) is 10.9 Å². The number of aryl methyl sites for hydroxylation is 1. The standard InChI is InChI=1S/C14H13ClFN5/c1-7(2)11-9-4-8(5-17-13(9)21(3)20-11)12-10(16)6-18-14(15)19-12/h4-7H,1-3H3. The smallest absolute Gasteiger partial charge is 0.223 e. The van der Waals surface area contributed by atoms with E-state index < -0.39 is 5.82 Å². The van der Waals surface area contributed by atoms with Crippen molar-refractivity contribution in [3.8, 4) is 11.3 Å². The molecule has 3 rings (SSSR count). The molecule has 0 bridgehead atoms. The Morgan fingerprint density at radius 1 is 1.24 bits per heavy atom. The normalized spacial score (nSPS) is 11.5. The molecule has 0 atom stereocenters. The SMILES string of the molecule is CC(C)c1nn(C)c2ncc(-c3nc(Cl)ncc3F)cc12. The third-order valence-corrected chi connectivity index (χ3v) is 3.42. The molecule has 7 heteroatoms. The van der Waals surface area contributed by atoms with Crippen LogP contribution >= 0.6 is 11.6 Å². The molecule has 3 aromatic heterocycles. The van der Waals surface area contributed by atoms with E-state index in [4.69, 9.17) is 11.6 Å². The van der Waals surface area contributed by atoms with Crippen LogP contribution in [0.15, 0.2) is 18.5 Å². The molecule has 0 amide bonds. The highest BCUT2D eigenvalue weighted by Crippen LogP contribution is 2.28. The van der Waals surface area contributed by atoms with Crippen LogP contribution in [0, 0.1) is 5.82 Å². The molecule has 0 aliphatic heterocycles. The molecular formula is C14H13ClFN5. The van der Waals surface area contributed by atoms with E-state index >= 15 is 0 Å². The van der Waals surface area contributed by atoms with Gasteiger partial charge in [-0.25, -0.2) is 19.3 Å². The molecule has 0 unspecified atom stereocenters. The Morgan fingerprint density at radius 2 is 2.00 bits per heavy atom. The van der Waals surface area contributed by atoms with Crippen LogP contribution in [0.5, 0.6) is 0 Å². The first kappa shape index (κ1) is 13.9. The van der Waals surface area contributed by atoms with Crippen molar-refractivity contribution in [1.29, 1.82) is 0 Å². The van der Waals surface area contributed by atoms with E-state index in [2.05, 4.69) is 33.9 Å². The minimum absolute atomic E-state index is 0.00164. The summed E-state index contributed by atoms with van der Waals surface area (Å²) < 4.78 is 15.6. The molecule has 0 aliphatic rings. The van der Waals surface area contributed by atoms with E-state index in [1.807, 2.05) is 13.1 Å². The van der Waals surface area contributed by atoms with Gasteiger partial charge < -0.3 is 0 Å². The second kappa shape index (κ2) is 5.04. The van der Waals surface area contributed by atoms with Crippen molar-refractivity contribution in [1.82, 2.24) is 24.7 Å². The summed E-state index contributed by atoms with van der Waals surface area (Å²) in [7, 11) is 1.84. The van der Waals surface area contributed by atoms with Gasteiger partial charge in [0.25, 0.3) is 0 Å². The van der Waals surface area contributed by atoms with Crippen LogP contribution in [0.2, 0.25) is 5.28 Å². The molecule has 0 N–H and O–H groups in total. The van der Waals surface area contributed by atoms with Crippen molar-refractivity contribution in [3.05, 3.63) is 35.3 Å². The van der Waals surface area contributed by atoms with Crippen LogP contribution < -0.4 is 0 Å². The lowest BCUT2D eigenvalue weighted by atomic mass is 10.1. The molecule has 21 heavy (non-hydrogen) atoms. The third kappa shape index (κ3) is 2.35. The number of pyridine rings is 1. The summed E-state index contributed by atoms with van der Waals surface area (Å²) in [6.07, 6.45) is 2.62. The molecule has 0 radical (unpaired) electrons. The molecule has 108 valence electrons. The van der Waals surface area contributed by atoms with Crippen LogP contribution in [-0.2, 0) is 7.05 Å². The summed E-state index contributed by atoms with van der Waals surface area (Å²) in [4.78, 5) is 11.9. The number of aromatic nitrogens is 5. The van der Waals surface area contributed by atoms with E-state index in [0.29, 0.717) is 5.56 Å². The van der Waals surface area contributed by atoms with Crippen LogP contribution in [0.1, 0.15) is 25.5 Å². The fourth-order valence-electron chi connectivity index (χ4n) is 2.27. The van der Waals surface area contributed by atoms with Gasteiger partial charge >= 0.3 is 0 Å². The maximum atomic E-state index is 13.9. The van der Waals surface area contributed by atoms with Crippen molar-refractivity contribution in [3.63, 3.8) is 0 Å². The number of nitrogens with zero attached hydrogens (tertiary/aromatic N) is 5. The molecular weight excluding hydrogens is 293 g/mol. The molecule has 0 aromatic carbocycles. The maximum absolute atomic E-state index is 13.9. The summed E-state index contributed by atoms with van der Waals surface area (Å²) in [5.41, 5.74) is 2.37. The fourth-order valence-corrected chi connectivity index (χ4v) is 2.40. The first-order valence-corrected chi connectivity index (χ1v) is 6.86. The van der Waals surface area contributed by atoms with Gasteiger partial charge in [0, 0.05) is 24.2 Å². The van der Waals surface area contributed by atoms with Crippen molar-refractivity contribution < 1.29 is 4.39 Å². The second-order valence-corrected chi connectivity index (χ2v) is 5.43. The second-order valence-electron chi connectivity index (χ2n) is 5.09. The Balaban J connectivity index is 2.25. The van der Waals surface area contributed by atoms with Crippen LogP contribution in [0.25, 0.3) is 22.3 Å². The summed E-state index contributed by atoms with van der Waals surface area (Å²) in [6, 6.07) is 1.84. The lowest BCUT2D eigenvalue weighted by Crippen LogP contribution is -1.95. The number of hydrogen-bond donors (Lipinski definition) is 0. The van der Waals surface area contributed by atoms with Crippen molar-refractivity contribution in [2.45, 2.75) is 19.8 Å². The van der Waals surface area contributed by atoms with E-state index in [-0.39, 0.29) is 16.9 Å². The van der Waals surface area contributed by atoms with Gasteiger partial charge in [-0.1, -0.05) is 13.8 Å². The Kier molecular flexibility index (Phi) is 3.33. The predicted octanol–water partition coefficient (Wildman–Crippen LogP) is 3.34. The van der Waals surface area contributed by atoms with E-state index in [9.17, 15) is 4.39 Å². The molecule has 3 aromatic rings. The minimum atomic E-state index is -0.532. The lowest BCUT2D eigenvalue weighted by molar-refractivity contribution is 0.618. The topological polar surface area (TPSA) is 56.5 Å². The molecule has 0 fully saturated rings. The number of fused-ring (bicyclic) bond motifs is 1. The summed E-state index contributed by atoms with van der Waals surface area (Å²) >= 11 is 5.75. The summed E-state index contributed by atoms with van der Waals surface area (Å²) in [5.74, 6) is -0.292. The lowest BCUT2D eigenvalue weighted by Gasteiger charge is -2.04. The quantitative estimate of drug-likeness (QED) is 0.681. The average molecular weight is 306 g/mol. The van der Waals surface area contributed by atoms with E-state index in [0.717, 1.165) is 22.9 Å². The Bertz CT molecular complexity index is 828. The minimum Gasteiger partial charge on any atom is -0.250 e. The zero-order valence-corrected chi connectivity index (χ0v) is 12.6. The van der Waals surface area contributed by atoms with Crippen molar-refractivity contribution >= 4 is 22.6 Å². The molecule has 0 saturated heterocycles. The first-order valence-electron chi connectivity index (χ1n) is 6.48. The van der Waals surface area contributed by atoms with Gasteiger partial charge in [-0.15, -0.1) is 0 Å². The molecule has 0 saturated carbocycles. The molecule has 0 spiro atoms. The van der Waals surface area contributed by atoms with Gasteiger partial charge in [0.2, 0.25) is 5.28 Å². The van der Waals surface area contributed by atoms with Gasteiger partial charge in [0.15, 0.2) is 11.5 Å². The fraction of sp³-hybridized carbons (Fsp3) is 0.286. The average Bonchev–Trinajstić information content (AvgIpc) is 2.78. The third-order valence-electron chi connectivity index (χ3n) is 3.24. The highest BCUT2D eigenvalue weighted by atomic mass is 35.5. The van der Waals surface area contributed by atoms with Crippen molar-refractivity contribution in [2.75, 3.05) is 0 Å². The predicted molar refractivity (Wildman–Crippen MR) is 78.6 cm³/mol. The number of hydrogen-bond acceptors (Lipinski definition) is 4. The highest BCUT2D eigenvalue weighted by molar-refractivity contribution is 6.28. The van der Waals surface area contributed by atoms with Gasteiger partial charge in [-0.2, -0.15) is 5.10 Å². The van der Waals surface area contributed by atoms with Crippen molar-refractivity contribution in [2.24, 2.45) is 7.05 Å². The van der Waals surface area contributed by atoms with Gasteiger partial charge in [-0.3, -0.25) is 4.68 Å². The highest BCUT2D eigenvalue weighted by Gasteiger charge is 2.16. The summed E-state index contributed by atoms with van der Waals surface area (Å²) in [5, 5.41) is 5.36.